The minimum atomic E-state index is -0.258. The Morgan fingerprint density at radius 2 is 2.29 bits per heavy atom. The fourth-order valence-corrected chi connectivity index (χ4v) is 2.09. The van der Waals surface area contributed by atoms with Gasteiger partial charge in [0.15, 0.2) is 0 Å². The predicted molar refractivity (Wildman–Crippen MR) is 66.6 cm³/mol. The van der Waals surface area contributed by atoms with Crippen molar-refractivity contribution < 1.29 is 9.18 Å². The van der Waals surface area contributed by atoms with Crippen LogP contribution >= 0.6 is 12.4 Å². The highest BCUT2D eigenvalue weighted by Crippen LogP contribution is 2.22. The van der Waals surface area contributed by atoms with E-state index in [2.05, 4.69) is 5.32 Å². The van der Waals surface area contributed by atoms with Crippen LogP contribution in [0.4, 0.5) is 4.39 Å². The smallest absolute Gasteiger partial charge is 0.220 e. The minimum Gasteiger partial charge on any atom is -0.333 e. The number of nitrogens with zero attached hydrogens (tertiary/aromatic N) is 1. The lowest BCUT2D eigenvalue weighted by atomic mass is 10.0. The van der Waals surface area contributed by atoms with Crippen molar-refractivity contribution in [2.24, 2.45) is 0 Å². The first kappa shape index (κ1) is 13.9. The van der Waals surface area contributed by atoms with Crippen LogP contribution in [0.5, 0.6) is 0 Å². The van der Waals surface area contributed by atoms with E-state index in [1.165, 1.54) is 12.1 Å². The molecule has 1 aromatic rings. The van der Waals surface area contributed by atoms with Crippen molar-refractivity contribution in [3.8, 4) is 0 Å². The molecule has 1 amide bonds. The van der Waals surface area contributed by atoms with Crippen LogP contribution in [-0.2, 0) is 4.79 Å². The van der Waals surface area contributed by atoms with Crippen molar-refractivity contribution in [1.29, 1.82) is 0 Å². The zero-order valence-electron chi connectivity index (χ0n) is 9.65. The molecule has 1 heterocycles. The van der Waals surface area contributed by atoms with Crippen LogP contribution in [0.25, 0.3) is 0 Å². The molecule has 1 saturated heterocycles. The molecule has 0 spiro atoms. The molecule has 0 saturated carbocycles. The first-order chi connectivity index (χ1) is 7.68. The van der Waals surface area contributed by atoms with E-state index in [0.29, 0.717) is 13.1 Å². The summed E-state index contributed by atoms with van der Waals surface area (Å²) >= 11 is 0. The van der Waals surface area contributed by atoms with Crippen molar-refractivity contribution >= 4 is 18.3 Å². The average Bonchev–Trinajstić information content (AvgIpc) is 2.29. The van der Waals surface area contributed by atoms with E-state index in [9.17, 15) is 9.18 Å². The van der Waals surface area contributed by atoms with Crippen molar-refractivity contribution in [3.63, 3.8) is 0 Å². The highest BCUT2D eigenvalue weighted by molar-refractivity contribution is 5.85. The molecule has 5 heteroatoms. The second-order valence-electron chi connectivity index (χ2n) is 3.99. The SMILES string of the molecule is CC(=O)N1CCNCC1c1cccc(F)c1.Cl. The maximum absolute atomic E-state index is 13.1. The molecular weight excluding hydrogens is 243 g/mol. The lowest BCUT2D eigenvalue weighted by Crippen LogP contribution is -2.47. The standard InChI is InChI=1S/C12H15FN2O.ClH/c1-9(16)15-6-5-14-8-12(15)10-3-2-4-11(13)7-10;/h2-4,7,12,14H,5-6,8H2,1H3;1H. The van der Waals surface area contributed by atoms with Gasteiger partial charge in [-0.1, -0.05) is 12.1 Å². The van der Waals surface area contributed by atoms with Crippen molar-refractivity contribution in [3.05, 3.63) is 35.6 Å². The van der Waals surface area contributed by atoms with Crippen LogP contribution in [0, 0.1) is 5.82 Å². The predicted octanol–water partition coefficient (Wildman–Crippen LogP) is 1.74. The number of hydrogen-bond donors (Lipinski definition) is 1. The van der Waals surface area contributed by atoms with E-state index in [4.69, 9.17) is 0 Å². The molecule has 0 aromatic heterocycles. The van der Waals surface area contributed by atoms with E-state index in [0.717, 1.165) is 12.1 Å². The second-order valence-corrected chi connectivity index (χ2v) is 3.99. The molecule has 1 atom stereocenters. The Balaban J connectivity index is 0.00000144. The Bertz CT molecular complexity index is 400. The van der Waals surface area contributed by atoms with Gasteiger partial charge < -0.3 is 10.2 Å². The molecule has 1 N–H and O–H groups in total. The lowest BCUT2D eigenvalue weighted by molar-refractivity contribution is -0.132. The summed E-state index contributed by atoms with van der Waals surface area (Å²) in [6.45, 7) is 3.71. The van der Waals surface area contributed by atoms with Gasteiger partial charge in [0.1, 0.15) is 5.82 Å². The number of carbonyl (C=O) groups is 1. The van der Waals surface area contributed by atoms with Crippen molar-refractivity contribution in [2.75, 3.05) is 19.6 Å². The second kappa shape index (κ2) is 5.98. The summed E-state index contributed by atoms with van der Waals surface area (Å²) in [6.07, 6.45) is 0. The number of benzene rings is 1. The van der Waals surface area contributed by atoms with E-state index in [1.54, 1.807) is 17.9 Å². The third-order valence-electron chi connectivity index (χ3n) is 2.88. The number of halogens is 2. The van der Waals surface area contributed by atoms with Gasteiger partial charge in [-0.2, -0.15) is 0 Å². The highest BCUT2D eigenvalue weighted by Gasteiger charge is 2.25. The Hall–Kier alpha value is -1.13. The summed E-state index contributed by atoms with van der Waals surface area (Å²) < 4.78 is 13.1. The Labute approximate surface area is 106 Å². The summed E-state index contributed by atoms with van der Waals surface area (Å²) in [7, 11) is 0. The van der Waals surface area contributed by atoms with E-state index in [-0.39, 0.29) is 30.2 Å². The zero-order chi connectivity index (χ0) is 11.5. The molecule has 94 valence electrons. The highest BCUT2D eigenvalue weighted by atomic mass is 35.5. The molecule has 1 aliphatic heterocycles. The van der Waals surface area contributed by atoms with Gasteiger partial charge in [0.05, 0.1) is 6.04 Å². The van der Waals surface area contributed by atoms with Gasteiger partial charge in [-0.25, -0.2) is 4.39 Å². The normalized spacial score (nSPS) is 19.6. The first-order valence-corrected chi connectivity index (χ1v) is 5.42. The van der Waals surface area contributed by atoms with Gasteiger partial charge >= 0.3 is 0 Å². The van der Waals surface area contributed by atoms with E-state index >= 15 is 0 Å². The maximum atomic E-state index is 13.1. The van der Waals surface area contributed by atoms with Gasteiger partial charge in [0, 0.05) is 26.6 Å². The number of hydrogen-bond acceptors (Lipinski definition) is 2. The summed E-state index contributed by atoms with van der Waals surface area (Å²) in [4.78, 5) is 13.3. The van der Waals surface area contributed by atoms with Crippen LogP contribution in [-0.4, -0.2) is 30.4 Å². The largest absolute Gasteiger partial charge is 0.333 e. The first-order valence-electron chi connectivity index (χ1n) is 5.42. The van der Waals surface area contributed by atoms with Crippen LogP contribution in [0.3, 0.4) is 0 Å². The molecule has 1 unspecified atom stereocenters. The maximum Gasteiger partial charge on any atom is 0.220 e. The number of piperazine rings is 1. The number of rotatable bonds is 1. The summed E-state index contributed by atoms with van der Waals surface area (Å²) in [5.74, 6) is -0.220. The number of nitrogens with one attached hydrogen (secondary N) is 1. The van der Waals surface area contributed by atoms with Gasteiger partial charge in [-0.05, 0) is 17.7 Å². The van der Waals surface area contributed by atoms with Crippen LogP contribution in [0.15, 0.2) is 24.3 Å². The molecule has 17 heavy (non-hydrogen) atoms. The van der Waals surface area contributed by atoms with Crippen molar-refractivity contribution in [1.82, 2.24) is 10.2 Å². The fourth-order valence-electron chi connectivity index (χ4n) is 2.09. The number of amides is 1. The Morgan fingerprint density at radius 1 is 1.53 bits per heavy atom. The average molecular weight is 259 g/mol. The van der Waals surface area contributed by atoms with Gasteiger partial charge in [0.2, 0.25) is 5.91 Å². The van der Waals surface area contributed by atoms with Crippen LogP contribution in [0.2, 0.25) is 0 Å². The third kappa shape index (κ3) is 3.17. The monoisotopic (exact) mass is 258 g/mol. The Morgan fingerprint density at radius 3 is 2.94 bits per heavy atom. The van der Waals surface area contributed by atoms with Crippen LogP contribution in [0.1, 0.15) is 18.5 Å². The van der Waals surface area contributed by atoms with E-state index < -0.39 is 0 Å². The molecule has 1 fully saturated rings. The van der Waals surface area contributed by atoms with Gasteiger partial charge in [-0.15, -0.1) is 12.4 Å². The molecule has 0 radical (unpaired) electrons. The molecule has 2 rings (SSSR count). The summed E-state index contributed by atoms with van der Waals surface area (Å²) in [6, 6.07) is 6.39. The molecule has 1 aliphatic rings. The molecule has 0 aliphatic carbocycles. The van der Waals surface area contributed by atoms with Crippen LogP contribution < -0.4 is 5.32 Å². The molecule has 0 bridgehead atoms. The van der Waals surface area contributed by atoms with E-state index in [1.807, 2.05) is 6.07 Å². The Kier molecular flexibility index (Phi) is 4.90. The number of carbonyl (C=O) groups excluding carboxylic acids is 1. The fraction of sp³-hybridized carbons (Fsp3) is 0.417. The summed E-state index contributed by atoms with van der Waals surface area (Å²) in [5.41, 5.74) is 0.849. The van der Waals surface area contributed by atoms with Crippen molar-refractivity contribution in [2.45, 2.75) is 13.0 Å². The molecule has 1 aromatic carbocycles. The molecular formula is C12H16ClFN2O. The van der Waals surface area contributed by atoms with Gasteiger partial charge in [-0.3, -0.25) is 4.79 Å². The third-order valence-corrected chi connectivity index (χ3v) is 2.88. The topological polar surface area (TPSA) is 32.3 Å². The summed E-state index contributed by atoms with van der Waals surface area (Å²) in [5, 5.41) is 3.22. The zero-order valence-corrected chi connectivity index (χ0v) is 10.5. The van der Waals surface area contributed by atoms with Gasteiger partial charge in [0.25, 0.3) is 0 Å². The minimum absolute atomic E-state index is 0. The quantitative estimate of drug-likeness (QED) is 0.832. The lowest BCUT2D eigenvalue weighted by Gasteiger charge is -2.35. The molecule has 3 nitrogen and oxygen atoms in total.